The summed E-state index contributed by atoms with van der Waals surface area (Å²) in [6.07, 6.45) is 6.42. The van der Waals surface area contributed by atoms with Crippen molar-refractivity contribution in [1.29, 1.82) is 0 Å². The molecule has 1 aliphatic carbocycles. The Hall–Kier alpha value is -0.260. The number of aliphatic imine (C=N–C) groups is 1. The van der Waals surface area contributed by atoms with Gasteiger partial charge in [0.2, 0.25) is 0 Å². The zero-order valence-electron chi connectivity index (χ0n) is 11.3. The fourth-order valence-corrected chi connectivity index (χ4v) is 4.64. The average Bonchev–Trinajstić information content (AvgIpc) is 3.06. The van der Waals surface area contributed by atoms with Gasteiger partial charge in [0.25, 0.3) is 0 Å². The monoisotopic (exact) mass is 282 g/mol. The highest BCUT2D eigenvalue weighted by Crippen LogP contribution is 2.40. The third-order valence-electron chi connectivity index (χ3n) is 4.78. The van der Waals surface area contributed by atoms with Gasteiger partial charge in [0.15, 0.2) is 5.17 Å². The van der Waals surface area contributed by atoms with Crippen molar-refractivity contribution in [2.75, 3.05) is 25.6 Å². The molecule has 3 heterocycles. The molecule has 0 radical (unpaired) electrons. The summed E-state index contributed by atoms with van der Waals surface area (Å²) in [5.41, 5.74) is 0.260. The SMILES string of the molecule is C1CC2(CCO1)CSC(=NC1CCOC1C1CC1)N2. The van der Waals surface area contributed by atoms with Gasteiger partial charge in [-0.25, -0.2) is 0 Å². The van der Waals surface area contributed by atoms with Gasteiger partial charge in [-0.05, 0) is 38.0 Å². The summed E-state index contributed by atoms with van der Waals surface area (Å²) in [6, 6.07) is 0.400. The van der Waals surface area contributed by atoms with Crippen LogP contribution in [-0.4, -0.2) is 48.4 Å². The van der Waals surface area contributed by atoms with E-state index in [0.717, 1.165) is 55.9 Å². The maximum absolute atomic E-state index is 5.87. The molecular weight excluding hydrogens is 260 g/mol. The van der Waals surface area contributed by atoms with Crippen molar-refractivity contribution in [3.63, 3.8) is 0 Å². The van der Waals surface area contributed by atoms with Gasteiger partial charge in [-0.15, -0.1) is 0 Å². The quantitative estimate of drug-likeness (QED) is 0.838. The lowest BCUT2D eigenvalue weighted by Gasteiger charge is -2.32. The summed E-state index contributed by atoms with van der Waals surface area (Å²) in [6.45, 7) is 2.67. The van der Waals surface area contributed by atoms with E-state index in [1.807, 2.05) is 11.8 Å². The molecule has 4 rings (SSSR count). The van der Waals surface area contributed by atoms with Crippen LogP contribution in [0.5, 0.6) is 0 Å². The van der Waals surface area contributed by atoms with Crippen LogP contribution < -0.4 is 5.32 Å². The number of thioether (sulfide) groups is 1. The Kier molecular flexibility index (Phi) is 3.24. The molecule has 1 N–H and O–H groups in total. The number of ether oxygens (including phenoxy) is 2. The van der Waals surface area contributed by atoms with E-state index in [1.165, 1.54) is 12.8 Å². The van der Waals surface area contributed by atoms with E-state index < -0.39 is 0 Å². The first-order valence-corrected chi connectivity index (χ1v) is 8.51. The molecule has 3 saturated heterocycles. The smallest absolute Gasteiger partial charge is 0.157 e. The standard InChI is InChI=1S/C14H22N2O2S/c1-2-10(1)12-11(3-6-18-12)15-13-16-14(9-19-13)4-7-17-8-5-14/h10-12H,1-9H2,(H,15,16). The van der Waals surface area contributed by atoms with Crippen molar-refractivity contribution in [3.8, 4) is 0 Å². The van der Waals surface area contributed by atoms with Gasteiger partial charge >= 0.3 is 0 Å². The zero-order valence-corrected chi connectivity index (χ0v) is 12.1. The molecule has 1 saturated carbocycles. The van der Waals surface area contributed by atoms with Crippen molar-refractivity contribution in [3.05, 3.63) is 0 Å². The fourth-order valence-electron chi connectivity index (χ4n) is 3.37. The van der Waals surface area contributed by atoms with E-state index in [1.54, 1.807) is 0 Å². The molecule has 0 aromatic carbocycles. The summed E-state index contributed by atoms with van der Waals surface area (Å²) >= 11 is 1.90. The minimum atomic E-state index is 0.260. The van der Waals surface area contributed by atoms with Crippen molar-refractivity contribution in [2.45, 2.75) is 49.8 Å². The predicted molar refractivity (Wildman–Crippen MR) is 76.7 cm³/mol. The van der Waals surface area contributed by atoms with Crippen molar-refractivity contribution >= 4 is 16.9 Å². The lowest BCUT2D eigenvalue weighted by molar-refractivity contribution is 0.0554. The van der Waals surface area contributed by atoms with E-state index >= 15 is 0 Å². The molecule has 19 heavy (non-hydrogen) atoms. The molecule has 2 atom stereocenters. The highest BCUT2D eigenvalue weighted by Gasteiger charge is 2.43. The summed E-state index contributed by atoms with van der Waals surface area (Å²) in [4.78, 5) is 4.97. The number of rotatable bonds is 2. The minimum absolute atomic E-state index is 0.260. The highest BCUT2D eigenvalue weighted by molar-refractivity contribution is 8.14. The Morgan fingerprint density at radius 3 is 2.79 bits per heavy atom. The summed E-state index contributed by atoms with van der Waals surface area (Å²) < 4.78 is 11.3. The third kappa shape index (κ3) is 2.52. The van der Waals surface area contributed by atoms with Crippen LogP contribution in [0.3, 0.4) is 0 Å². The van der Waals surface area contributed by atoms with Gasteiger partial charge in [0, 0.05) is 25.6 Å². The van der Waals surface area contributed by atoms with Gasteiger partial charge in [0.05, 0.1) is 17.7 Å². The molecule has 106 valence electrons. The van der Waals surface area contributed by atoms with Crippen molar-refractivity contribution < 1.29 is 9.47 Å². The molecule has 0 aromatic rings. The molecule has 0 aromatic heterocycles. The fraction of sp³-hybridized carbons (Fsp3) is 0.929. The second kappa shape index (κ2) is 4.93. The van der Waals surface area contributed by atoms with Crippen LogP contribution in [0.4, 0.5) is 0 Å². The minimum Gasteiger partial charge on any atom is -0.381 e. The van der Waals surface area contributed by atoms with E-state index in [0.29, 0.717) is 12.1 Å². The van der Waals surface area contributed by atoms with Crippen LogP contribution in [0.2, 0.25) is 0 Å². The Labute approximate surface area is 118 Å². The first kappa shape index (κ1) is 12.5. The number of hydrogen-bond acceptors (Lipinski definition) is 4. The van der Waals surface area contributed by atoms with Crippen LogP contribution in [-0.2, 0) is 9.47 Å². The maximum Gasteiger partial charge on any atom is 0.157 e. The van der Waals surface area contributed by atoms with Crippen LogP contribution >= 0.6 is 11.8 Å². The van der Waals surface area contributed by atoms with Gasteiger partial charge in [-0.3, -0.25) is 4.99 Å². The number of amidine groups is 1. The summed E-state index contributed by atoms with van der Waals surface area (Å²) in [7, 11) is 0. The van der Waals surface area contributed by atoms with E-state index in [-0.39, 0.29) is 5.54 Å². The number of nitrogens with one attached hydrogen (secondary N) is 1. The number of hydrogen-bond donors (Lipinski definition) is 1. The molecule has 0 amide bonds. The van der Waals surface area contributed by atoms with Crippen molar-refractivity contribution in [1.82, 2.24) is 5.32 Å². The van der Waals surface area contributed by atoms with Gasteiger partial charge in [-0.2, -0.15) is 0 Å². The molecule has 1 spiro atoms. The summed E-state index contributed by atoms with van der Waals surface area (Å²) in [5.74, 6) is 1.94. The molecule has 4 aliphatic rings. The predicted octanol–water partition coefficient (Wildman–Crippen LogP) is 1.80. The van der Waals surface area contributed by atoms with Crippen LogP contribution in [0.15, 0.2) is 4.99 Å². The Balaban J connectivity index is 1.43. The van der Waals surface area contributed by atoms with E-state index in [9.17, 15) is 0 Å². The Bertz CT molecular complexity index is 378. The first-order valence-electron chi connectivity index (χ1n) is 7.53. The van der Waals surface area contributed by atoms with Crippen LogP contribution in [0.25, 0.3) is 0 Å². The summed E-state index contributed by atoms with van der Waals surface area (Å²) in [5, 5.41) is 4.85. The van der Waals surface area contributed by atoms with E-state index in [4.69, 9.17) is 14.5 Å². The Morgan fingerprint density at radius 1 is 1.16 bits per heavy atom. The highest BCUT2D eigenvalue weighted by atomic mass is 32.2. The van der Waals surface area contributed by atoms with E-state index in [2.05, 4.69) is 5.32 Å². The third-order valence-corrected chi connectivity index (χ3v) is 5.96. The van der Waals surface area contributed by atoms with Gasteiger partial charge in [-0.1, -0.05) is 11.8 Å². The Morgan fingerprint density at radius 2 is 2.00 bits per heavy atom. The average molecular weight is 282 g/mol. The molecule has 2 unspecified atom stereocenters. The molecule has 5 heteroatoms. The maximum atomic E-state index is 5.87. The molecule has 4 fully saturated rings. The first-order chi connectivity index (χ1) is 9.35. The second-order valence-corrected chi connectivity index (χ2v) is 7.23. The van der Waals surface area contributed by atoms with Crippen LogP contribution in [0.1, 0.15) is 32.1 Å². The van der Waals surface area contributed by atoms with Gasteiger partial charge in [0.1, 0.15) is 0 Å². The molecule has 0 bridgehead atoms. The lowest BCUT2D eigenvalue weighted by atomic mass is 9.93. The topological polar surface area (TPSA) is 42.9 Å². The molecule has 4 nitrogen and oxygen atoms in total. The van der Waals surface area contributed by atoms with Gasteiger partial charge < -0.3 is 14.8 Å². The number of nitrogens with zero attached hydrogens (tertiary/aromatic N) is 1. The largest absolute Gasteiger partial charge is 0.381 e. The van der Waals surface area contributed by atoms with Crippen LogP contribution in [0, 0.1) is 5.92 Å². The molecule has 3 aliphatic heterocycles. The van der Waals surface area contributed by atoms with Crippen molar-refractivity contribution in [2.24, 2.45) is 10.9 Å². The lowest BCUT2D eigenvalue weighted by Crippen LogP contribution is -2.48. The zero-order chi connectivity index (χ0) is 12.7. The normalized spacial score (nSPS) is 39.9. The molecular formula is C14H22N2O2S. The second-order valence-electron chi connectivity index (χ2n) is 6.27.